The smallest absolute Gasteiger partial charge is 0.165 e. The Morgan fingerprint density at radius 2 is 1.71 bits per heavy atom. The first kappa shape index (κ1) is 9.45. The first-order valence-corrected chi connectivity index (χ1v) is 5.29. The minimum absolute atomic E-state index is 0.316. The normalized spacial score (nSPS) is 16.4. The molecule has 1 heteroatoms. The molecular weight excluding hydrogens is 172 g/mol. The molecule has 0 spiro atoms. The van der Waals surface area contributed by atoms with Crippen molar-refractivity contribution in [2.24, 2.45) is 5.92 Å². The molecule has 0 radical (unpaired) electrons. The summed E-state index contributed by atoms with van der Waals surface area (Å²) < 4.78 is 0. The Hall–Kier alpha value is -1.11. The van der Waals surface area contributed by atoms with Gasteiger partial charge in [-0.2, -0.15) is 0 Å². The van der Waals surface area contributed by atoms with Gasteiger partial charge in [0.25, 0.3) is 0 Å². The fourth-order valence-electron chi connectivity index (χ4n) is 2.02. The molecule has 14 heavy (non-hydrogen) atoms. The minimum Gasteiger partial charge on any atom is -0.294 e. The van der Waals surface area contributed by atoms with Gasteiger partial charge in [0, 0.05) is 11.5 Å². The maximum Gasteiger partial charge on any atom is 0.165 e. The first-order chi connectivity index (χ1) is 6.66. The molecule has 0 heterocycles. The topological polar surface area (TPSA) is 17.1 Å². The summed E-state index contributed by atoms with van der Waals surface area (Å²) >= 11 is 0. The molecule has 0 N–H and O–H groups in total. The van der Waals surface area contributed by atoms with Crippen LogP contribution in [0.3, 0.4) is 0 Å². The number of carbonyl (C=O) groups excluding carboxylic acids is 1. The van der Waals surface area contributed by atoms with Gasteiger partial charge >= 0.3 is 0 Å². The van der Waals surface area contributed by atoms with Crippen LogP contribution in [0.25, 0.3) is 0 Å². The number of benzene rings is 1. The van der Waals surface area contributed by atoms with Crippen LogP contribution < -0.4 is 0 Å². The number of ketones is 1. The lowest BCUT2D eigenvalue weighted by atomic mass is 9.79. The van der Waals surface area contributed by atoms with Crippen molar-refractivity contribution in [1.29, 1.82) is 0 Å². The molecule has 1 aliphatic carbocycles. The van der Waals surface area contributed by atoms with Crippen molar-refractivity contribution in [3.63, 3.8) is 0 Å². The molecule has 1 aromatic rings. The van der Waals surface area contributed by atoms with Gasteiger partial charge in [-0.3, -0.25) is 4.79 Å². The van der Waals surface area contributed by atoms with E-state index in [0.29, 0.717) is 11.7 Å². The Bertz CT molecular complexity index is 341. The van der Waals surface area contributed by atoms with Gasteiger partial charge in [0.1, 0.15) is 0 Å². The van der Waals surface area contributed by atoms with Crippen molar-refractivity contribution in [2.45, 2.75) is 33.1 Å². The van der Waals surface area contributed by atoms with E-state index in [0.717, 1.165) is 18.4 Å². The van der Waals surface area contributed by atoms with Crippen LogP contribution in [-0.2, 0) is 0 Å². The molecule has 0 bridgehead atoms. The lowest BCUT2D eigenvalue weighted by Crippen LogP contribution is -2.22. The fourth-order valence-corrected chi connectivity index (χ4v) is 2.02. The highest BCUT2D eigenvalue weighted by Crippen LogP contribution is 2.30. The number of hydrogen-bond acceptors (Lipinski definition) is 1. The maximum absolute atomic E-state index is 11.9. The molecule has 0 aromatic heterocycles. The quantitative estimate of drug-likeness (QED) is 0.651. The minimum atomic E-state index is 0.316. The zero-order valence-corrected chi connectivity index (χ0v) is 8.84. The second kappa shape index (κ2) is 3.56. The van der Waals surface area contributed by atoms with Crippen molar-refractivity contribution < 1.29 is 4.79 Å². The summed E-state index contributed by atoms with van der Waals surface area (Å²) in [4.78, 5) is 11.9. The van der Waals surface area contributed by atoms with Gasteiger partial charge in [-0.15, -0.1) is 0 Å². The summed E-state index contributed by atoms with van der Waals surface area (Å²) in [5.41, 5.74) is 3.28. The van der Waals surface area contributed by atoms with Crippen molar-refractivity contribution >= 4 is 5.78 Å². The van der Waals surface area contributed by atoms with Crippen molar-refractivity contribution in [3.05, 3.63) is 34.9 Å². The van der Waals surface area contributed by atoms with Crippen LogP contribution in [0.5, 0.6) is 0 Å². The van der Waals surface area contributed by atoms with Gasteiger partial charge in [-0.05, 0) is 38.8 Å². The average molecular weight is 188 g/mol. The van der Waals surface area contributed by atoms with Crippen LogP contribution >= 0.6 is 0 Å². The summed E-state index contributed by atoms with van der Waals surface area (Å²) in [5, 5.41) is 0. The molecule has 0 amide bonds. The SMILES string of the molecule is Cc1cc(C)cc(C(=O)C2CCC2)c1. The molecule has 0 saturated heterocycles. The summed E-state index contributed by atoms with van der Waals surface area (Å²) in [7, 11) is 0. The van der Waals surface area contributed by atoms with Crippen molar-refractivity contribution in [3.8, 4) is 0 Å². The zero-order valence-electron chi connectivity index (χ0n) is 8.84. The molecule has 1 fully saturated rings. The third kappa shape index (κ3) is 1.72. The van der Waals surface area contributed by atoms with Crippen LogP contribution in [0, 0.1) is 19.8 Å². The van der Waals surface area contributed by atoms with Crippen molar-refractivity contribution in [2.75, 3.05) is 0 Å². The van der Waals surface area contributed by atoms with Gasteiger partial charge in [0.05, 0.1) is 0 Å². The molecule has 2 rings (SSSR count). The summed E-state index contributed by atoms with van der Waals surface area (Å²) in [6.07, 6.45) is 3.40. The Kier molecular flexibility index (Phi) is 2.40. The molecule has 0 unspecified atom stereocenters. The first-order valence-electron chi connectivity index (χ1n) is 5.29. The number of rotatable bonds is 2. The molecule has 1 aliphatic rings. The third-order valence-electron chi connectivity index (χ3n) is 2.98. The molecule has 1 saturated carbocycles. The molecule has 1 aromatic carbocycles. The van der Waals surface area contributed by atoms with E-state index in [2.05, 4.69) is 6.07 Å². The van der Waals surface area contributed by atoms with E-state index in [9.17, 15) is 4.79 Å². The van der Waals surface area contributed by atoms with E-state index in [1.165, 1.54) is 17.5 Å². The number of Topliss-reactive ketones (excluding diaryl/α,β-unsaturated/α-hetero) is 1. The summed E-state index contributed by atoms with van der Waals surface area (Å²) in [6.45, 7) is 4.09. The van der Waals surface area contributed by atoms with Gasteiger partial charge in [0.2, 0.25) is 0 Å². The molecular formula is C13H16O. The van der Waals surface area contributed by atoms with E-state index >= 15 is 0 Å². The van der Waals surface area contributed by atoms with Crippen LogP contribution in [-0.4, -0.2) is 5.78 Å². The maximum atomic E-state index is 11.9. The molecule has 0 atom stereocenters. The van der Waals surface area contributed by atoms with Gasteiger partial charge in [-0.1, -0.05) is 23.6 Å². The second-order valence-corrected chi connectivity index (χ2v) is 4.37. The van der Waals surface area contributed by atoms with E-state index in [-0.39, 0.29) is 0 Å². The monoisotopic (exact) mass is 188 g/mol. The predicted octanol–water partition coefficient (Wildman–Crippen LogP) is 3.29. The van der Waals surface area contributed by atoms with Crippen LogP contribution in [0.1, 0.15) is 40.7 Å². The lowest BCUT2D eigenvalue weighted by Gasteiger charge is -2.24. The van der Waals surface area contributed by atoms with Crippen LogP contribution in [0.15, 0.2) is 18.2 Å². The predicted molar refractivity (Wildman–Crippen MR) is 57.6 cm³/mol. The summed E-state index contributed by atoms with van der Waals surface area (Å²) in [6, 6.07) is 6.12. The van der Waals surface area contributed by atoms with Gasteiger partial charge in [0.15, 0.2) is 5.78 Å². The van der Waals surface area contributed by atoms with Crippen LogP contribution in [0.4, 0.5) is 0 Å². The third-order valence-corrected chi connectivity index (χ3v) is 2.98. The highest BCUT2D eigenvalue weighted by molar-refractivity contribution is 5.98. The average Bonchev–Trinajstić information content (AvgIpc) is 1.98. The van der Waals surface area contributed by atoms with E-state index < -0.39 is 0 Å². The van der Waals surface area contributed by atoms with E-state index in [4.69, 9.17) is 0 Å². The molecule has 1 nitrogen and oxygen atoms in total. The van der Waals surface area contributed by atoms with Gasteiger partial charge < -0.3 is 0 Å². The van der Waals surface area contributed by atoms with Crippen molar-refractivity contribution in [1.82, 2.24) is 0 Å². The molecule has 74 valence electrons. The standard InChI is InChI=1S/C13H16O/c1-9-6-10(2)8-12(7-9)13(14)11-4-3-5-11/h6-8,11H,3-5H2,1-2H3. The largest absolute Gasteiger partial charge is 0.294 e. The second-order valence-electron chi connectivity index (χ2n) is 4.37. The molecule has 0 aliphatic heterocycles. The Balaban J connectivity index is 2.26. The highest BCUT2D eigenvalue weighted by atomic mass is 16.1. The summed E-state index contributed by atoms with van der Waals surface area (Å²) in [5.74, 6) is 0.666. The Labute approximate surface area is 85.1 Å². The highest BCUT2D eigenvalue weighted by Gasteiger charge is 2.26. The van der Waals surface area contributed by atoms with Gasteiger partial charge in [-0.25, -0.2) is 0 Å². The Morgan fingerprint density at radius 1 is 1.14 bits per heavy atom. The number of carbonyl (C=O) groups is 1. The van der Waals surface area contributed by atoms with E-state index in [1.54, 1.807) is 0 Å². The fraction of sp³-hybridized carbons (Fsp3) is 0.462. The number of aryl methyl sites for hydroxylation is 2. The Morgan fingerprint density at radius 3 is 2.14 bits per heavy atom. The van der Waals surface area contributed by atoms with Crippen LogP contribution in [0.2, 0.25) is 0 Å². The number of hydrogen-bond donors (Lipinski definition) is 0. The lowest BCUT2D eigenvalue weighted by molar-refractivity contribution is 0.0855. The zero-order chi connectivity index (χ0) is 10.1. The van der Waals surface area contributed by atoms with E-state index in [1.807, 2.05) is 26.0 Å².